The Morgan fingerprint density at radius 3 is 2.27 bits per heavy atom. The summed E-state index contributed by atoms with van der Waals surface area (Å²) in [4.78, 5) is 0. The van der Waals surface area contributed by atoms with Crippen molar-refractivity contribution in [1.82, 2.24) is 0 Å². The molecule has 15 heavy (non-hydrogen) atoms. The second-order valence-electron chi connectivity index (χ2n) is 3.55. The van der Waals surface area contributed by atoms with Crippen molar-refractivity contribution in [1.29, 1.82) is 0 Å². The lowest BCUT2D eigenvalue weighted by Crippen LogP contribution is -2.01. The summed E-state index contributed by atoms with van der Waals surface area (Å²) in [5.74, 6) is -1.12. The summed E-state index contributed by atoms with van der Waals surface area (Å²) in [7, 11) is 0. The van der Waals surface area contributed by atoms with Gasteiger partial charge < -0.3 is 4.74 Å². The van der Waals surface area contributed by atoms with Crippen LogP contribution < -0.4 is 4.74 Å². The van der Waals surface area contributed by atoms with E-state index in [0.717, 1.165) is 0 Å². The van der Waals surface area contributed by atoms with E-state index in [0.29, 0.717) is 0 Å². The van der Waals surface area contributed by atoms with Crippen molar-refractivity contribution in [2.24, 2.45) is 0 Å². The number of hydrogen-bond acceptors (Lipinski definition) is 1. The first kappa shape index (κ1) is 11.7. The van der Waals surface area contributed by atoms with E-state index in [1.54, 1.807) is 13.8 Å². The first-order valence-electron chi connectivity index (χ1n) is 4.79. The molecule has 0 heterocycles. The van der Waals surface area contributed by atoms with Crippen LogP contribution in [0.5, 0.6) is 5.75 Å². The van der Waals surface area contributed by atoms with Crippen LogP contribution in [0.4, 0.5) is 8.78 Å². The zero-order valence-corrected chi connectivity index (χ0v) is 8.89. The highest BCUT2D eigenvalue weighted by molar-refractivity contribution is 5.32. The van der Waals surface area contributed by atoms with E-state index in [2.05, 4.69) is 6.58 Å². The summed E-state index contributed by atoms with van der Waals surface area (Å²) in [6.45, 7) is 7.17. The number of rotatable bonds is 4. The van der Waals surface area contributed by atoms with Crippen molar-refractivity contribution in [2.45, 2.75) is 19.8 Å². The van der Waals surface area contributed by atoms with Crippen LogP contribution in [0, 0.1) is 11.6 Å². The van der Waals surface area contributed by atoms with Gasteiger partial charge >= 0.3 is 0 Å². The lowest BCUT2D eigenvalue weighted by Gasteiger charge is -2.10. The lowest BCUT2D eigenvalue weighted by atomic mass is 10.0. The average Bonchev–Trinajstić information content (AvgIpc) is 2.12. The van der Waals surface area contributed by atoms with E-state index in [1.807, 2.05) is 0 Å². The molecule has 0 unspecified atom stereocenters. The molecule has 0 saturated carbocycles. The Morgan fingerprint density at radius 2 is 1.87 bits per heavy atom. The van der Waals surface area contributed by atoms with Gasteiger partial charge in [-0.25, -0.2) is 8.78 Å². The van der Waals surface area contributed by atoms with Gasteiger partial charge in [-0.3, -0.25) is 0 Å². The van der Waals surface area contributed by atoms with E-state index in [4.69, 9.17) is 4.74 Å². The molecule has 0 saturated heterocycles. The van der Waals surface area contributed by atoms with E-state index >= 15 is 0 Å². The highest BCUT2D eigenvalue weighted by atomic mass is 19.1. The Labute approximate surface area is 88.4 Å². The predicted octanol–water partition coefficient (Wildman–Crippen LogP) is 3.65. The van der Waals surface area contributed by atoms with Crippen LogP contribution in [-0.4, -0.2) is 6.61 Å². The molecule has 0 atom stereocenters. The molecule has 0 fully saturated rings. The van der Waals surface area contributed by atoms with E-state index in [-0.39, 0.29) is 23.8 Å². The molecule has 1 nitrogen and oxygen atoms in total. The molecule has 0 N–H and O–H groups in total. The summed E-state index contributed by atoms with van der Waals surface area (Å²) in [5, 5.41) is 0. The minimum absolute atomic E-state index is 0.0981. The molecule has 0 aliphatic heterocycles. The van der Waals surface area contributed by atoms with E-state index in [9.17, 15) is 8.78 Å². The minimum atomic E-state index is -0.566. The van der Waals surface area contributed by atoms with Crippen LogP contribution in [0.25, 0.3) is 0 Å². The summed E-state index contributed by atoms with van der Waals surface area (Å²) < 4.78 is 31.9. The van der Waals surface area contributed by atoms with Gasteiger partial charge in [0.05, 0.1) is 0 Å². The maximum absolute atomic E-state index is 13.4. The van der Waals surface area contributed by atoms with Crippen molar-refractivity contribution < 1.29 is 13.5 Å². The number of halogens is 2. The number of benzene rings is 1. The van der Waals surface area contributed by atoms with Gasteiger partial charge in [0, 0.05) is 17.7 Å². The first-order valence-corrected chi connectivity index (χ1v) is 4.79. The topological polar surface area (TPSA) is 9.23 Å². The Balaban J connectivity index is 3.02. The maximum Gasteiger partial charge on any atom is 0.133 e. The third-order valence-corrected chi connectivity index (χ3v) is 2.00. The molecule has 1 aromatic rings. The third-order valence-electron chi connectivity index (χ3n) is 2.00. The zero-order chi connectivity index (χ0) is 11.4. The highest BCUT2D eigenvalue weighted by Gasteiger charge is 2.14. The fraction of sp³-hybridized carbons (Fsp3) is 0.333. The second kappa shape index (κ2) is 4.91. The van der Waals surface area contributed by atoms with Crippen LogP contribution in [0.15, 0.2) is 24.8 Å². The molecule has 0 spiro atoms. The SMILES string of the molecule is C=CCOc1cc(F)c(C(C)C)c(F)c1. The smallest absolute Gasteiger partial charge is 0.133 e. The van der Waals surface area contributed by atoms with Gasteiger partial charge in [0.1, 0.15) is 24.0 Å². The summed E-state index contributed by atoms with van der Waals surface area (Å²) in [6.07, 6.45) is 1.52. The van der Waals surface area contributed by atoms with Crippen molar-refractivity contribution in [3.8, 4) is 5.75 Å². The van der Waals surface area contributed by atoms with Crippen molar-refractivity contribution in [2.75, 3.05) is 6.61 Å². The van der Waals surface area contributed by atoms with E-state index in [1.165, 1.54) is 18.2 Å². The quantitative estimate of drug-likeness (QED) is 0.692. The van der Waals surface area contributed by atoms with Gasteiger partial charge in [-0.1, -0.05) is 26.5 Å². The normalized spacial score (nSPS) is 10.5. The van der Waals surface area contributed by atoms with Crippen LogP contribution in [0.1, 0.15) is 25.3 Å². The van der Waals surface area contributed by atoms with E-state index < -0.39 is 11.6 Å². The fourth-order valence-corrected chi connectivity index (χ4v) is 1.35. The van der Waals surface area contributed by atoms with Gasteiger partial charge in [0.2, 0.25) is 0 Å². The average molecular weight is 212 g/mol. The summed E-state index contributed by atoms with van der Waals surface area (Å²) >= 11 is 0. The van der Waals surface area contributed by atoms with Crippen LogP contribution >= 0.6 is 0 Å². The molecule has 1 aromatic carbocycles. The van der Waals surface area contributed by atoms with Crippen molar-refractivity contribution in [3.63, 3.8) is 0 Å². The maximum atomic E-state index is 13.4. The molecule has 0 aliphatic carbocycles. The Bertz CT molecular complexity index is 336. The lowest BCUT2D eigenvalue weighted by molar-refractivity contribution is 0.356. The first-order chi connectivity index (χ1) is 7.06. The van der Waals surface area contributed by atoms with Gasteiger partial charge in [-0.2, -0.15) is 0 Å². The van der Waals surface area contributed by atoms with Gasteiger partial charge in [0.25, 0.3) is 0 Å². The standard InChI is InChI=1S/C12H14F2O/c1-4-5-15-9-6-10(13)12(8(2)3)11(14)7-9/h4,6-8H,1,5H2,2-3H3. The van der Waals surface area contributed by atoms with Gasteiger partial charge in [0.15, 0.2) is 0 Å². The van der Waals surface area contributed by atoms with Crippen molar-refractivity contribution >= 4 is 0 Å². The highest BCUT2D eigenvalue weighted by Crippen LogP contribution is 2.26. The summed E-state index contributed by atoms with van der Waals surface area (Å²) in [5.41, 5.74) is 0.0981. The third kappa shape index (κ3) is 2.78. The predicted molar refractivity (Wildman–Crippen MR) is 56.1 cm³/mol. The molecule has 3 heteroatoms. The fourth-order valence-electron chi connectivity index (χ4n) is 1.35. The van der Waals surface area contributed by atoms with Crippen molar-refractivity contribution in [3.05, 3.63) is 42.0 Å². The van der Waals surface area contributed by atoms with Crippen LogP contribution in [0.2, 0.25) is 0 Å². The number of hydrogen-bond donors (Lipinski definition) is 0. The van der Waals surface area contributed by atoms with Crippen LogP contribution in [0.3, 0.4) is 0 Å². The molecule has 0 radical (unpaired) electrons. The molecular weight excluding hydrogens is 198 g/mol. The van der Waals surface area contributed by atoms with Crippen LogP contribution in [-0.2, 0) is 0 Å². The Hall–Kier alpha value is -1.38. The largest absolute Gasteiger partial charge is 0.489 e. The zero-order valence-electron chi connectivity index (χ0n) is 8.89. The molecule has 0 aliphatic rings. The molecule has 0 amide bonds. The Morgan fingerprint density at radius 1 is 1.33 bits per heavy atom. The number of ether oxygens (including phenoxy) is 1. The minimum Gasteiger partial charge on any atom is -0.489 e. The monoisotopic (exact) mass is 212 g/mol. The molecule has 0 aromatic heterocycles. The molecule has 82 valence electrons. The molecule has 1 rings (SSSR count). The van der Waals surface area contributed by atoms with Gasteiger partial charge in [-0.15, -0.1) is 0 Å². The Kier molecular flexibility index (Phi) is 3.83. The molecule has 0 bridgehead atoms. The second-order valence-corrected chi connectivity index (χ2v) is 3.55. The summed E-state index contributed by atoms with van der Waals surface area (Å²) in [6, 6.07) is 2.39. The van der Waals surface area contributed by atoms with Gasteiger partial charge in [-0.05, 0) is 5.92 Å². The molecular formula is C12H14F2O.